The van der Waals surface area contributed by atoms with Crippen molar-refractivity contribution in [3.8, 4) is 0 Å². The molecule has 2 saturated heterocycles. The van der Waals surface area contributed by atoms with Crippen LogP contribution in [0.2, 0.25) is 0 Å². The van der Waals surface area contributed by atoms with Crippen molar-refractivity contribution in [3.63, 3.8) is 0 Å². The standard InChI is InChI=1S/C22H36N4O3S.HI/c1-6-23-20(26-16-21(2,3)22(26,4)5)24-14-17-9-11-19(12-10-17)30(27,28)25-15-18-8-7-13-29-18;/h9-12,18,25H,6-8,13-16H2,1-5H3,(H,23,24);1H. The van der Waals surface area contributed by atoms with Crippen LogP contribution in [0.25, 0.3) is 0 Å². The molecule has 0 spiro atoms. The molecule has 9 heteroatoms. The van der Waals surface area contributed by atoms with Crippen LogP contribution in [0.4, 0.5) is 0 Å². The third-order valence-electron chi connectivity index (χ3n) is 6.65. The zero-order valence-corrected chi connectivity index (χ0v) is 22.4. The third-order valence-corrected chi connectivity index (χ3v) is 8.08. The van der Waals surface area contributed by atoms with Crippen LogP contribution in [-0.2, 0) is 21.3 Å². The number of rotatable bonds is 7. The number of nitrogens with zero attached hydrogens (tertiary/aromatic N) is 2. The van der Waals surface area contributed by atoms with E-state index >= 15 is 0 Å². The Morgan fingerprint density at radius 2 is 1.90 bits per heavy atom. The minimum atomic E-state index is -3.53. The van der Waals surface area contributed by atoms with Gasteiger partial charge in [0.05, 0.1) is 17.5 Å². The maximum atomic E-state index is 12.5. The maximum absolute atomic E-state index is 12.5. The van der Waals surface area contributed by atoms with Gasteiger partial charge in [0.25, 0.3) is 0 Å². The summed E-state index contributed by atoms with van der Waals surface area (Å²) in [7, 11) is -3.53. The van der Waals surface area contributed by atoms with Crippen molar-refractivity contribution >= 4 is 40.0 Å². The number of likely N-dealkylation sites (tertiary alicyclic amines) is 1. The van der Waals surface area contributed by atoms with Crippen LogP contribution < -0.4 is 10.0 Å². The first-order chi connectivity index (χ1) is 14.1. The van der Waals surface area contributed by atoms with E-state index < -0.39 is 10.0 Å². The molecule has 2 N–H and O–H groups in total. The lowest BCUT2D eigenvalue weighted by Crippen LogP contribution is -2.72. The number of ether oxygens (including phenoxy) is 1. The Labute approximate surface area is 204 Å². The summed E-state index contributed by atoms with van der Waals surface area (Å²) in [6, 6.07) is 6.95. The summed E-state index contributed by atoms with van der Waals surface area (Å²) in [5.74, 6) is 0.900. The molecular weight excluding hydrogens is 527 g/mol. The van der Waals surface area contributed by atoms with Gasteiger partial charge in [-0.1, -0.05) is 26.0 Å². The molecule has 1 aromatic rings. The lowest BCUT2D eigenvalue weighted by molar-refractivity contribution is -0.0667. The van der Waals surface area contributed by atoms with Crippen molar-refractivity contribution in [2.75, 3.05) is 26.2 Å². The van der Waals surface area contributed by atoms with Gasteiger partial charge in [0, 0.05) is 37.2 Å². The number of sulfonamides is 1. The van der Waals surface area contributed by atoms with Crippen LogP contribution in [-0.4, -0.2) is 57.2 Å². The maximum Gasteiger partial charge on any atom is 0.240 e. The lowest BCUT2D eigenvalue weighted by Gasteiger charge is -2.62. The Kier molecular flexibility index (Phi) is 8.80. The quantitative estimate of drug-likeness (QED) is 0.302. The monoisotopic (exact) mass is 564 g/mol. The second-order valence-corrected chi connectivity index (χ2v) is 11.1. The Bertz CT molecular complexity index is 863. The highest BCUT2D eigenvalue weighted by Crippen LogP contribution is 2.46. The SMILES string of the molecule is CCNC(=NCc1ccc(S(=O)(=O)NCC2CCCO2)cc1)N1CC(C)(C)C1(C)C.I. The molecule has 2 aliphatic heterocycles. The van der Waals surface area contributed by atoms with Gasteiger partial charge in [0.15, 0.2) is 5.96 Å². The van der Waals surface area contributed by atoms with Gasteiger partial charge in [0.2, 0.25) is 10.0 Å². The average Bonchev–Trinajstić information content (AvgIpc) is 3.22. The number of hydrogen-bond acceptors (Lipinski definition) is 4. The van der Waals surface area contributed by atoms with Crippen LogP contribution in [0.5, 0.6) is 0 Å². The first-order valence-electron chi connectivity index (χ1n) is 10.8. The van der Waals surface area contributed by atoms with E-state index in [4.69, 9.17) is 9.73 Å². The molecule has 1 aromatic carbocycles. The minimum Gasteiger partial charge on any atom is -0.377 e. The molecule has 1 unspecified atom stereocenters. The molecule has 0 aliphatic carbocycles. The lowest BCUT2D eigenvalue weighted by atomic mass is 9.65. The largest absolute Gasteiger partial charge is 0.377 e. The van der Waals surface area contributed by atoms with Crippen molar-refractivity contribution in [2.45, 2.75) is 70.5 Å². The van der Waals surface area contributed by atoms with Crippen LogP contribution in [0.3, 0.4) is 0 Å². The van der Waals surface area contributed by atoms with E-state index in [1.54, 1.807) is 12.1 Å². The number of guanidine groups is 1. The second kappa shape index (κ2) is 10.4. The smallest absolute Gasteiger partial charge is 0.240 e. The molecule has 7 nitrogen and oxygen atoms in total. The van der Waals surface area contributed by atoms with Crippen molar-refractivity contribution in [3.05, 3.63) is 29.8 Å². The molecule has 1 atom stereocenters. The predicted molar refractivity (Wildman–Crippen MR) is 135 cm³/mol. The second-order valence-electron chi connectivity index (χ2n) is 9.33. The Morgan fingerprint density at radius 1 is 1.23 bits per heavy atom. The van der Waals surface area contributed by atoms with Gasteiger partial charge in [-0.05, 0) is 51.3 Å². The van der Waals surface area contributed by atoms with E-state index in [9.17, 15) is 8.42 Å². The molecule has 0 aromatic heterocycles. The summed E-state index contributed by atoms with van der Waals surface area (Å²) in [6.45, 7) is 14.4. The fourth-order valence-corrected chi connectivity index (χ4v) is 4.89. The van der Waals surface area contributed by atoms with E-state index in [0.29, 0.717) is 19.7 Å². The highest BCUT2D eigenvalue weighted by Gasteiger charge is 2.53. The number of halogens is 1. The number of hydrogen-bond donors (Lipinski definition) is 2. The van der Waals surface area contributed by atoms with Crippen LogP contribution in [0.1, 0.15) is 53.0 Å². The summed E-state index contributed by atoms with van der Waals surface area (Å²) in [5.41, 5.74) is 1.23. The summed E-state index contributed by atoms with van der Waals surface area (Å²) in [5, 5.41) is 3.39. The molecule has 3 rings (SSSR count). The summed E-state index contributed by atoms with van der Waals surface area (Å²) >= 11 is 0. The van der Waals surface area contributed by atoms with E-state index in [1.165, 1.54) is 0 Å². The average molecular weight is 565 g/mol. The Balaban J connectivity index is 0.00000341. The number of aliphatic imine (C=N–C) groups is 1. The number of nitrogens with one attached hydrogen (secondary N) is 2. The minimum absolute atomic E-state index is 0. The molecule has 2 aliphatic rings. The third kappa shape index (κ3) is 5.91. The molecule has 2 heterocycles. The molecule has 2 fully saturated rings. The first kappa shape index (κ1) is 26.3. The summed E-state index contributed by atoms with van der Waals surface area (Å²) in [6.07, 6.45) is 1.87. The summed E-state index contributed by atoms with van der Waals surface area (Å²) in [4.78, 5) is 7.38. The van der Waals surface area contributed by atoms with Gasteiger partial charge in [-0.2, -0.15) is 0 Å². The normalized spacial score (nSPS) is 22.5. The van der Waals surface area contributed by atoms with Crippen molar-refractivity contribution in [1.29, 1.82) is 0 Å². The number of benzene rings is 1. The van der Waals surface area contributed by atoms with E-state index in [-0.39, 0.29) is 45.9 Å². The molecule has 31 heavy (non-hydrogen) atoms. The Morgan fingerprint density at radius 3 is 2.42 bits per heavy atom. The van der Waals surface area contributed by atoms with Gasteiger partial charge >= 0.3 is 0 Å². The Hall–Kier alpha value is -0.910. The zero-order valence-electron chi connectivity index (χ0n) is 19.3. The van der Waals surface area contributed by atoms with Gasteiger partial charge in [-0.15, -0.1) is 24.0 Å². The topological polar surface area (TPSA) is 83.0 Å². The van der Waals surface area contributed by atoms with Crippen molar-refractivity contribution in [1.82, 2.24) is 14.9 Å². The van der Waals surface area contributed by atoms with E-state index in [2.05, 4.69) is 49.6 Å². The van der Waals surface area contributed by atoms with Crippen molar-refractivity contribution in [2.24, 2.45) is 10.4 Å². The van der Waals surface area contributed by atoms with Crippen LogP contribution >= 0.6 is 24.0 Å². The highest BCUT2D eigenvalue weighted by atomic mass is 127. The fourth-order valence-electron chi connectivity index (χ4n) is 3.83. The predicted octanol–water partition coefficient (Wildman–Crippen LogP) is 3.35. The summed E-state index contributed by atoms with van der Waals surface area (Å²) < 4.78 is 33.2. The van der Waals surface area contributed by atoms with E-state index in [1.807, 2.05) is 12.1 Å². The van der Waals surface area contributed by atoms with Crippen molar-refractivity contribution < 1.29 is 13.2 Å². The highest BCUT2D eigenvalue weighted by molar-refractivity contribution is 14.0. The molecule has 0 radical (unpaired) electrons. The molecular formula is C22H37IN4O3S. The van der Waals surface area contributed by atoms with Crippen LogP contribution in [0, 0.1) is 5.41 Å². The molecule has 0 bridgehead atoms. The van der Waals surface area contributed by atoms with E-state index in [0.717, 1.165) is 37.5 Å². The first-order valence-corrected chi connectivity index (χ1v) is 12.3. The van der Waals surface area contributed by atoms with Gasteiger partial charge in [-0.3, -0.25) is 0 Å². The van der Waals surface area contributed by atoms with Gasteiger partial charge in [-0.25, -0.2) is 18.1 Å². The molecule has 0 amide bonds. The molecule has 176 valence electrons. The van der Waals surface area contributed by atoms with Crippen LogP contribution in [0.15, 0.2) is 34.2 Å². The molecule has 0 saturated carbocycles. The zero-order chi connectivity index (χ0) is 22.0. The van der Waals surface area contributed by atoms with Gasteiger partial charge < -0.3 is 15.0 Å². The van der Waals surface area contributed by atoms with Gasteiger partial charge in [0.1, 0.15) is 0 Å². The fraction of sp³-hybridized carbons (Fsp3) is 0.682.